The van der Waals surface area contributed by atoms with Crippen molar-refractivity contribution in [1.29, 1.82) is 0 Å². The second kappa shape index (κ2) is 4.97. The van der Waals surface area contributed by atoms with E-state index in [2.05, 4.69) is 0 Å². The summed E-state index contributed by atoms with van der Waals surface area (Å²) >= 11 is 0. The Morgan fingerprint density at radius 2 is 1.62 bits per heavy atom. The fourth-order valence-electron chi connectivity index (χ4n) is 1.07. The van der Waals surface area contributed by atoms with Crippen LogP contribution in [0.25, 0.3) is 6.08 Å². The summed E-state index contributed by atoms with van der Waals surface area (Å²) in [5.74, 6) is -2.98. The Bertz CT molecular complexity index is 414. The summed E-state index contributed by atoms with van der Waals surface area (Å²) < 4.78 is 4.89. The molecule has 5 heteroatoms. The molecule has 0 atom stereocenters. The van der Waals surface area contributed by atoms with Crippen molar-refractivity contribution in [1.82, 2.24) is 0 Å². The van der Waals surface area contributed by atoms with Crippen molar-refractivity contribution >= 4 is 18.0 Å². The summed E-state index contributed by atoms with van der Waals surface area (Å²) in [4.78, 5) is 20.9. The van der Waals surface area contributed by atoms with Gasteiger partial charge in [0.15, 0.2) is 0 Å². The van der Waals surface area contributed by atoms with Crippen molar-refractivity contribution in [2.24, 2.45) is 0 Å². The summed E-state index contributed by atoms with van der Waals surface area (Å²) in [6, 6.07) is 6.19. The summed E-state index contributed by atoms with van der Waals surface area (Å²) in [7, 11) is 1.48. The Morgan fingerprint density at radius 3 is 2.00 bits per heavy atom. The van der Waals surface area contributed by atoms with Gasteiger partial charge in [-0.15, -0.1) is 0 Å². The SMILES string of the molecule is COc1ccc(C=C(C(=O)[O-])C(=O)[O-])cc1. The fraction of sp³-hybridized carbons (Fsp3) is 0.0909. The molecule has 0 amide bonds. The van der Waals surface area contributed by atoms with Crippen LogP contribution in [0.1, 0.15) is 5.56 Å². The van der Waals surface area contributed by atoms with Crippen LogP contribution in [-0.2, 0) is 9.59 Å². The highest BCUT2D eigenvalue weighted by atomic mass is 16.5. The van der Waals surface area contributed by atoms with Crippen molar-refractivity contribution in [2.75, 3.05) is 7.11 Å². The molecule has 0 saturated heterocycles. The lowest BCUT2D eigenvalue weighted by molar-refractivity contribution is -0.311. The van der Waals surface area contributed by atoms with Gasteiger partial charge in [-0.05, 0) is 23.8 Å². The van der Waals surface area contributed by atoms with Crippen molar-refractivity contribution in [3.63, 3.8) is 0 Å². The molecular formula is C11H8O5-2. The summed E-state index contributed by atoms with van der Waals surface area (Å²) in [5.41, 5.74) is -0.491. The molecule has 0 aliphatic rings. The van der Waals surface area contributed by atoms with E-state index >= 15 is 0 Å². The number of carboxylic acid groups (broad SMARTS) is 2. The smallest absolute Gasteiger partial charge is 0.118 e. The van der Waals surface area contributed by atoms with Crippen LogP contribution in [0.4, 0.5) is 0 Å². The number of methoxy groups -OCH3 is 1. The molecule has 1 aromatic rings. The molecule has 16 heavy (non-hydrogen) atoms. The average Bonchev–Trinajstić information content (AvgIpc) is 2.25. The average molecular weight is 220 g/mol. The second-order valence-electron chi connectivity index (χ2n) is 2.91. The van der Waals surface area contributed by atoms with Gasteiger partial charge in [0.2, 0.25) is 0 Å². The zero-order chi connectivity index (χ0) is 12.1. The van der Waals surface area contributed by atoms with Gasteiger partial charge in [0.05, 0.1) is 19.0 Å². The van der Waals surface area contributed by atoms with Crippen LogP contribution in [-0.4, -0.2) is 19.0 Å². The normalized spacial score (nSPS) is 9.31. The molecule has 84 valence electrons. The zero-order valence-electron chi connectivity index (χ0n) is 8.43. The number of hydrogen-bond donors (Lipinski definition) is 0. The number of carboxylic acids is 2. The maximum Gasteiger partial charge on any atom is 0.118 e. The number of ether oxygens (including phenoxy) is 1. The molecule has 0 saturated carbocycles. The largest absolute Gasteiger partial charge is 0.545 e. The van der Waals surface area contributed by atoms with E-state index < -0.39 is 17.5 Å². The Balaban J connectivity index is 3.04. The molecule has 0 spiro atoms. The van der Waals surface area contributed by atoms with Crippen LogP contribution in [0.5, 0.6) is 5.75 Å². The van der Waals surface area contributed by atoms with Gasteiger partial charge in [-0.25, -0.2) is 0 Å². The van der Waals surface area contributed by atoms with Gasteiger partial charge in [0.1, 0.15) is 5.75 Å². The summed E-state index contributed by atoms with van der Waals surface area (Å²) in [6.45, 7) is 0. The molecule has 1 aromatic carbocycles. The third-order valence-electron chi connectivity index (χ3n) is 1.87. The minimum Gasteiger partial charge on any atom is -0.545 e. The lowest BCUT2D eigenvalue weighted by Gasteiger charge is -2.09. The van der Waals surface area contributed by atoms with Crippen molar-refractivity contribution in [2.45, 2.75) is 0 Å². The Hall–Kier alpha value is -2.30. The quantitative estimate of drug-likeness (QED) is 0.353. The number of carbonyl (C=O) groups excluding carboxylic acids is 2. The van der Waals surface area contributed by atoms with Crippen LogP contribution in [0.15, 0.2) is 29.8 Å². The molecular weight excluding hydrogens is 212 g/mol. The van der Waals surface area contributed by atoms with Gasteiger partial charge < -0.3 is 24.5 Å². The molecule has 0 heterocycles. The van der Waals surface area contributed by atoms with Gasteiger partial charge in [0, 0.05) is 5.57 Å². The fourth-order valence-corrected chi connectivity index (χ4v) is 1.07. The lowest BCUT2D eigenvalue weighted by atomic mass is 10.1. The lowest BCUT2D eigenvalue weighted by Crippen LogP contribution is -2.36. The maximum absolute atomic E-state index is 10.4. The van der Waals surface area contributed by atoms with Gasteiger partial charge in [0.25, 0.3) is 0 Å². The van der Waals surface area contributed by atoms with E-state index in [4.69, 9.17) is 4.74 Å². The Morgan fingerprint density at radius 1 is 1.12 bits per heavy atom. The second-order valence-corrected chi connectivity index (χ2v) is 2.91. The van der Waals surface area contributed by atoms with Crippen LogP contribution in [0, 0.1) is 0 Å². The van der Waals surface area contributed by atoms with E-state index in [1.54, 1.807) is 12.1 Å². The van der Waals surface area contributed by atoms with E-state index in [0.717, 1.165) is 6.08 Å². The number of hydrogen-bond acceptors (Lipinski definition) is 5. The number of benzene rings is 1. The van der Waals surface area contributed by atoms with Crippen LogP contribution < -0.4 is 14.9 Å². The molecule has 1 rings (SSSR count). The maximum atomic E-state index is 10.4. The molecule has 0 aliphatic carbocycles. The molecule has 0 bridgehead atoms. The monoisotopic (exact) mass is 220 g/mol. The van der Waals surface area contributed by atoms with Gasteiger partial charge in [-0.2, -0.15) is 0 Å². The van der Waals surface area contributed by atoms with Crippen molar-refractivity contribution in [3.8, 4) is 5.75 Å². The van der Waals surface area contributed by atoms with E-state index in [1.165, 1.54) is 19.2 Å². The third-order valence-corrected chi connectivity index (χ3v) is 1.87. The highest BCUT2D eigenvalue weighted by molar-refractivity contribution is 6.14. The predicted octanol–water partition coefficient (Wildman–Crippen LogP) is -1.42. The van der Waals surface area contributed by atoms with Gasteiger partial charge in [-0.3, -0.25) is 0 Å². The predicted molar refractivity (Wildman–Crippen MR) is 51.0 cm³/mol. The topological polar surface area (TPSA) is 89.5 Å². The summed E-state index contributed by atoms with van der Waals surface area (Å²) in [6.07, 6.45) is 0.962. The highest BCUT2D eigenvalue weighted by Crippen LogP contribution is 2.13. The first-order valence-corrected chi connectivity index (χ1v) is 4.33. The van der Waals surface area contributed by atoms with Crippen molar-refractivity contribution in [3.05, 3.63) is 35.4 Å². The van der Waals surface area contributed by atoms with Crippen molar-refractivity contribution < 1.29 is 24.5 Å². The molecule has 0 N–H and O–H groups in total. The molecule has 0 aliphatic heterocycles. The van der Waals surface area contributed by atoms with Crippen LogP contribution in [0.2, 0.25) is 0 Å². The minimum absolute atomic E-state index is 0.407. The standard InChI is InChI=1S/C11H10O5/c1-16-8-4-2-7(3-5-8)6-9(10(12)13)11(14)15/h2-6H,1H3,(H,12,13)(H,14,15)/p-2. The van der Waals surface area contributed by atoms with Gasteiger partial charge >= 0.3 is 0 Å². The van der Waals surface area contributed by atoms with Gasteiger partial charge in [-0.1, -0.05) is 12.1 Å². The summed E-state index contributed by atoms with van der Waals surface area (Å²) in [5, 5.41) is 20.9. The minimum atomic E-state index is -1.78. The molecule has 0 unspecified atom stereocenters. The van der Waals surface area contributed by atoms with E-state index in [1.807, 2.05) is 0 Å². The first-order valence-electron chi connectivity index (χ1n) is 4.33. The number of aliphatic carboxylic acids is 2. The molecule has 0 radical (unpaired) electrons. The number of carbonyl (C=O) groups is 2. The first kappa shape index (κ1) is 11.8. The molecule has 0 aromatic heterocycles. The Kier molecular flexibility index (Phi) is 3.66. The molecule has 0 fully saturated rings. The van der Waals surface area contributed by atoms with E-state index in [-0.39, 0.29) is 0 Å². The highest BCUT2D eigenvalue weighted by Gasteiger charge is 2.00. The third kappa shape index (κ3) is 2.84. The van der Waals surface area contributed by atoms with Crippen LogP contribution >= 0.6 is 0 Å². The first-order chi connectivity index (χ1) is 7.54. The zero-order valence-corrected chi connectivity index (χ0v) is 8.43. The Labute approximate surface area is 91.6 Å². The number of rotatable bonds is 4. The molecule has 5 nitrogen and oxygen atoms in total. The van der Waals surface area contributed by atoms with E-state index in [9.17, 15) is 19.8 Å². The van der Waals surface area contributed by atoms with E-state index in [0.29, 0.717) is 11.3 Å². The van der Waals surface area contributed by atoms with Crippen LogP contribution in [0.3, 0.4) is 0 Å².